The molecule has 1 saturated carbocycles. The van der Waals surface area contributed by atoms with E-state index in [-0.39, 0.29) is 24.3 Å². The standard InChI is InChI=1S/C23H31NO4S/c1-3-16(4-2)24-21(25)14-27-23(26)22-19(15-29-17-10-6-5-7-11-17)18-12-8-9-13-20(18)28-22/h8-9,12-13,16-17H,3-7,10-11,14-15H2,1-2H3,(H,24,25). The van der Waals surface area contributed by atoms with Crippen LogP contribution in [0.2, 0.25) is 0 Å². The van der Waals surface area contributed by atoms with Gasteiger partial charge in [-0.1, -0.05) is 51.3 Å². The fourth-order valence-corrected chi connectivity index (χ4v) is 5.15. The zero-order valence-corrected chi connectivity index (χ0v) is 18.2. The minimum Gasteiger partial charge on any atom is -0.450 e. The number of para-hydroxylation sites is 1. The third-order valence-electron chi connectivity index (χ3n) is 5.58. The summed E-state index contributed by atoms with van der Waals surface area (Å²) in [5.41, 5.74) is 1.56. The number of thioether (sulfide) groups is 1. The highest BCUT2D eigenvalue weighted by Gasteiger charge is 2.24. The Morgan fingerprint density at radius 3 is 2.62 bits per heavy atom. The minimum absolute atomic E-state index is 0.106. The van der Waals surface area contributed by atoms with Crippen LogP contribution in [0.15, 0.2) is 28.7 Å². The molecule has 3 rings (SSSR count). The fourth-order valence-electron chi connectivity index (χ4n) is 3.80. The van der Waals surface area contributed by atoms with E-state index in [1.165, 1.54) is 32.1 Å². The van der Waals surface area contributed by atoms with Gasteiger partial charge >= 0.3 is 5.97 Å². The summed E-state index contributed by atoms with van der Waals surface area (Å²) in [7, 11) is 0. The van der Waals surface area contributed by atoms with Crippen LogP contribution in [0, 0.1) is 0 Å². The number of carbonyl (C=O) groups is 2. The van der Waals surface area contributed by atoms with Crippen LogP contribution in [0.4, 0.5) is 0 Å². The third-order valence-corrected chi connectivity index (χ3v) is 6.98. The number of hydrogen-bond donors (Lipinski definition) is 1. The Kier molecular flexibility index (Phi) is 8.04. The van der Waals surface area contributed by atoms with Crippen molar-refractivity contribution < 1.29 is 18.7 Å². The fraction of sp³-hybridized carbons (Fsp3) is 0.565. The topological polar surface area (TPSA) is 68.5 Å². The lowest BCUT2D eigenvalue weighted by Crippen LogP contribution is -2.36. The molecule has 1 amide bonds. The average Bonchev–Trinajstić information content (AvgIpc) is 3.13. The SMILES string of the molecule is CCC(CC)NC(=O)COC(=O)c1oc2ccccc2c1CSC1CCCCC1. The highest BCUT2D eigenvalue weighted by Crippen LogP contribution is 2.35. The molecule has 158 valence electrons. The minimum atomic E-state index is -0.569. The second-order valence-corrected chi connectivity index (χ2v) is 8.92. The lowest BCUT2D eigenvalue weighted by atomic mass is 10.0. The molecule has 0 spiro atoms. The second kappa shape index (κ2) is 10.7. The van der Waals surface area contributed by atoms with Crippen LogP contribution < -0.4 is 5.32 Å². The molecule has 1 heterocycles. The van der Waals surface area contributed by atoms with Crippen molar-refractivity contribution in [2.24, 2.45) is 0 Å². The average molecular weight is 418 g/mol. The summed E-state index contributed by atoms with van der Waals surface area (Å²) in [6.45, 7) is 3.75. The van der Waals surface area contributed by atoms with Crippen LogP contribution in [-0.4, -0.2) is 29.8 Å². The zero-order valence-electron chi connectivity index (χ0n) is 17.4. The van der Waals surface area contributed by atoms with Crippen LogP contribution in [0.3, 0.4) is 0 Å². The Morgan fingerprint density at radius 2 is 1.90 bits per heavy atom. The van der Waals surface area contributed by atoms with Gasteiger partial charge in [0.1, 0.15) is 5.58 Å². The molecule has 0 radical (unpaired) electrons. The van der Waals surface area contributed by atoms with Gasteiger partial charge in [-0.25, -0.2) is 4.79 Å². The van der Waals surface area contributed by atoms with E-state index in [1.54, 1.807) is 0 Å². The van der Waals surface area contributed by atoms with E-state index in [1.807, 2.05) is 49.9 Å². The van der Waals surface area contributed by atoms with Crippen molar-refractivity contribution in [1.82, 2.24) is 5.32 Å². The molecule has 0 atom stereocenters. The summed E-state index contributed by atoms with van der Waals surface area (Å²) < 4.78 is 11.1. The summed E-state index contributed by atoms with van der Waals surface area (Å²) in [5, 5.41) is 4.46. The summed E-state index contributed by atoms with van der Waals surface area (Å²) in [6.07, 6.45) is 8.05. The van der Waals surface area contributed by atoms with Gasteiger partial charge in [0.05, 0.1) is 0 Å². The predicted octanol–water partition coefficient (Wildman–Crippen LogP) is 5.46. The molecule has 0 saturated heterocycles. The molecular weight excluding hydrogens is 386 g/mol. The number of carbonyl (C=O) groups excluding carboxylic acids is 2. The molecule has 1 N–H and O–H groups in total. The number of nitrogens with one attached hydrogen (secondary N) is 1. The predicted molar refractivity (Wildman–Crippen MR) is 117 cm³/mol. The highest BCUT2D eigenvalue weighted by molar-refractivity contribution is 7.99. The Balaban J connectivity index is 1.68. The smallest absolute Gasteiger partial charge is 0.375 e. The van der Waals surface area contributed by atoms with Gasteiger partial charge in [-0.2, -0.15) is 11.8 Å². The first kappa shape index (κ1) is 21.8. The van der Waals surface area contributed by atoms with E-state index >= 15 is 0 Å². The van der Waals surface area contributed by atoms with Gasteiger partial charge in [0.25, 0.3) is 5.91 Å². The number of rotatable bonds is 9. The molecule has 0 bridgehead atoms. The van der Waals surface area contributed by atoms with E-state index in [9.17, 15) is 9.59 Å². The molecule has 29 heavy (non-hydrogen) atoms. The molecule has 2 aromatic rings. The first-order valence-electron chi connectivity index (χ1n) is 10.7. The Morgan fingerprint density at radius 1 is 1.17 bits per heavy atom. The number of ether oxygens (including phenoxy) is 1. The molecule has 5 nitrogen and oxygen atoms in total. The van der Waals surface area contributed by atoms with Crippen molar-refractivity contribution >= 4 is 34.6 Å². The van der Waals surface area contributed by atoms with Crippen molar-refractivity contribution in [2.75, 3.05) is 6.61 Å². The maximum atomic E-state index is 12.7. The first-order valence-corrected chi connectivity index (χ1v) is 11.8. The number of amides is 1. The van der Waals surface area contributed by atoms with Crippen molar-refractivity contribution in [3.63, 3.8) is 0 Å². The van der Waals surface area contributed by atoms with Crippen LogP contribution in [0.25, 0.3) is 11.0 Å². The number of fused-ring (bicyclic) bond motifs is 1. The quantitative estimate of drug-likeness (QED) is 0.549. The summed E-state index contributed by atoms with van der Waals surface area (Å²) in [5.74, 6) is 0.0951. The van der Waals surface area contributed by atoms with Crippen LogP contribution in [0.5, 0.6) is 0 Å². The first-order chi connectivity index (χ1) is 14.1. The molecule has 0 aliphatic heterocycles. The van der Waals surface area contributed by atoms with Gasteiger partial charge in [0.15, 0.2) is 6.61 Å². The van der Waals surface area contributed by atoms with E-state index < -0.39 is 5.97 Å². The Labute approximate surface area is 176 Å². The van der Waals surface area contributed by atoms with E-state index in [0.29, 0.717) is 16.6 Å². The van der Waals surface area contributed by atoms with Crippen LogP contribution >= 0.6 is 11.8 Å². The van der Waals surface area contributed by atoms with Gasteiger partial charge in [-0.05, 0) is 31.7 Å². The van der Waals surface area contributed by atoms with Crippen molar-refractivity contribution in [3.05, 3.63) is 35.6 Å². The van der Waals surface area contributed by atoms with Crippen LogP contribution in [-0.2, 0) is 15.3 Å². The summed E-state index contributed by atoms with van der Waals surface area (Å²) in [6, 6.07) is 7.79. The van der Waals surface area contributed by atoms with Crippen molar-refractivity contribution in [3.8, 4) is 0 Å². The Bertz CT molecular complexity index is 821. The van der Waals surface area contributed by atoms with Gasteiger partial charge in [-0.15, -0.1) is 0 Å². The Hall–Kier alpha value is -1.95. The van der Waals surface area contributed by atoms with Crippen LogP contribution in [0.1, 0.15) is 74.9 Å². The molecular formula is C23H31NO4S. The molecule has 1 fully saturated rings. The lowest BCUT2D eigenvalue weighted by Gasteiger charge is -2.20. The highest BCUT2D eigenvalue weighted by atomic mass is 32.2. The number of esters is 1. The molecule has 0 unspecified atom stereocenters. The molecule has 1 aromatic heterocycles. The normalized spacial score (nSPS) is 15.0. The maximum Gasteiger partial charge on any atom is 0.375 e. The van der Waals surface area contributed by atoms with E-state index in [4.69, 9.17) is 9.15 Å². The van der Waals surface area contributed by atoms with E-state index in [0.717, 1.165) is 23.8 Å². The van der Waals surface area contributed by atoms with Gasteiger partial charge in [-0.3, -0.25) is 4.79 Å². The lowest BCUT2D eigenvalue weighted by molar-refractivity contribution is -0.125. The zero-order chi connectivity index (χ0) is 20.6. The van der Waals surface area contributed by atoms with Crippen molar-refractivity contribution in [2.45, 2.75) is 75.8 Å². The molecule has 1 aliphatic rings. The number of hydrogen-bond acceptors (Lipinski definition) is 5. The third kappa shape index (κ3) is 5.78. The molecule has 1 aliphatic carbocycles. The number of benzene rings is 1. The maximum absolute atomic E-state index is 12.7. The summed E-state index contributed by atoms with van der Waals surface area (Å²) in [4.78, 5) is 24.8. The largest absolute Gasteiger partial charge is 0.450 e. The van der Waals surface area contributed by atoms with Gasteiger partial charge < -0.3 is 14.5 Å². The molecule has 6 heteroatoms. The summed E-state index contributed by atoms with van der Waals surface area (Å²) >= 11 is 1.89. The van der Waals surface area contributed by atoms with Gasteiger partial charge in [0.2, 0.25) is 5.76 Å². The monoisotopic (exact) mass is 417 g/mol. The van der Waals surface area contributed by atoms with Crippen molar-refractivity contribution in [1.29, 1.82) is 0 Å². The molecule has 1 aromatic carbocycles. The second-order valence-electron chi connectivity index (χ2n) is 7.63. The number of furan rings is 1. The van der Waals surface area contributed by atoms with Gasteiger partial charge in [0, 0.05) is 28.0 Å². The van der Waals surface area contributed by atoms with E-state index in [2.05, 4.69) is 5.32 Å².